The molecule has 1 aliphatic rings. The first kappa shape index (κ1) is 16.0. The fraction of sp³-hybridized carbons (Fsp3) is 0.412. The van der Waals surface area contributed by atoms with Gasteiger partial charge in [-0.25, -0.2) is 4.68 Å². The minimum absolute atomic E-state index is 0.0536. The highest BCUT2D eigenvalue weighted by atomic mass is 35.5. The molecule has 1 saturated heterocycles. The van der Waals surface area contributed by atoms with Crippen molar-refractivity contribution in [1.82, 2.24) is 9.78 Å². The minimum atomic E-state index is -0.305. The standard InChI is InChI=1S/C17H20ClN3O2/c1-11-5-7-12(8-6-11)16-13(4-3-9-23-16)20-14-10-19-21(2)17(22)15(14)18/h5-8,10,13,16,20H,3-4,9H2,1-2H3/t13-,16-/m1/s1. The molecule has 1 aromatic heterocycles. The molecule has 23 heavy (non-hydrogen) atoms. The summed E-state index contributed by atoms with van der Waals surface area (Å²) >= 11 is 6.16. The van der Waals surface area contributed by atoms with Gasteiger partial charge in [-0.05, 0) is 25.3 Å². The Morgan fingerprint density at radius 3 is 2.83 bits per heavy atom. The largest absolute Gasteiger partial charge is 0.377 e. The van der Waals surface area contributed by atoms with Gasteiger partial charge in [0.2, 0.25) is 0 Å². The molecule has 3 rings (SSSR count). The lowest BCUT2D eigenvalue weighted by Crippen LogP contribution is -2.34. The van der Waals surface area contributed by atoms with Crippen LogP contribution in [0.25, 0.3) is 0 Å². The maximum Gasteiger partial charge on any atom is 0.287 e. The summed E-state index contributed by atoms with van der Waals surface area (Å²) in [4.78, 5) is 11.9. The molecule has 0 aliphatic carbocycles. The molecular weight excluding hydrogens is 314 g/mol. The molecule has 0 bridgehead atoms. The van der Waals surface area contributed by atoms with Gasteiger partial charge >= 0.3 is 0 Å². The number of hydrogen-bond acceptors (Lipinski definition) is 4. The van der Waals surface area contributed by atoms with Crippen LogP contribution >= 0.6 is 11.6 Å². The van der Waals surface area contributed by atoms with Gasteiger partial charge in [0.15, 0.2) is 0 Å². The number of nitrogens with zero attached hydrogens (tertiary/aromatic N) is 2. The monoisotopic (exact) mass is 333 g/mol. The van der Waals surface area contributed by atoms with Gasteiger partial charge in [0.1, 0.15) is 11.1 Å². The maximum atomic E-state index is 11.9. The Balaban J connectivity index is 1.86. The second kappa shape index (κ2) is 6.72. The number of aryl methyl sites for hydroxylation is 2. The first-order chi connectivity index (χ1) is 11.1. The predicted octanol–water partition coefficient (Wildman–Crippen LogP) is 3.07. The third-order valence-electron chi connectivity index (χ3n) is 4.15. The molecule has 1 aromatic carbocycles. The highest BCUT2D eigenvalue weighted by Crippen LogP contribution is 2.31. The van der Waals surface area contributed by atoms with Gasteiger partial charge < -0.3 is 10.1 Å². The van der Waals surface area contributed by atoms with Gasteiger partial charge in [-0.3, -0.25) is 4.79 Å². The van der Waals surface area contributed by atoms with Crippen LogP contribution in [-0.4, -0.2) is 22.4 Å². The average Bonchev–Trinajstić information content (AvgIpc) is 2.57. The Bertz CT molecular complexity index is 742. The van der Waals surface area contributed by atoms with Gasteiger partial charge in [-0.2, -0.15) is 5.10 Å². The molecule has 1 aliphatic heterocycles. The molecular formula is C17H20ClN3O2. The third-order valence-corrected chi connectivity index (χ3v) is 4.51. The van der Waals surface area contributed by atoms with Crippen LogP contribution < -0.4 is 10.9 Å². The van der Waals surface area contributed by atoms with Gasteiger partial charge in [-0.15, -0.1) is 0 Å². The summed E-state index contributed by atoms with van der Waals surface area (Å²) in [5, 5.41) is 7.54. The molecule has 122 valence electrons. The van der Waals surface area contributed by atoms with Crippen molar-refractivity contribution in [2.75, 3.05) is 11.9 Å². The lowest BCUT2D eigenvalue weighted by molar-refractivity contribution is 0.00564. The highest BCUT2D eigenvalue weighted by molar-refractivity contribution is 6.32. The van der Waals surface area contributed by atoms with E-state index >= 15 is 0 Å². The molecule has 5 nitrogen and oxygen atoms in total. The lowest BCUT2D eigenvalue weighted by Gasteiger charge is -2.33. The molecule has 6 heteroatoms. The summed E-state index contributed by atoms with van der Waals surface area (Å²) in [6, 6.07) is 8.39. The van der Waals surface area contributed by atoms with E-state index < -0.39 is 0 Å². The van der Waals surface area contributed by atoms with Crippen LogP contribution in [0.2, 0.25) is 5.02 Å². The van der Waals surface area contributed by atoms with Crippen LogP contribution in [-0.2, 0) is 11.8 Å². The van der Waals surface area contributed by atoms with E-state index in [0.29, 0.717) is 5.69 Å². The Kier molecular flexibility index (Phi) is 4.68. The van der Waals surface area contributed by atoms with Crippen LogP contribution in [0.3, 0.4) is 0 Å². The molecule has 2 heterocycles. The van der Waals surface area contributed by atoms with Crippen LogP contribution in [0.15, 0.2) is 35.3 Å². The van der Waals surface area contributed by atoms with E-state index in [1.807, 2.05) is 0 Å². The van der Waals surface area contributed by atoms with Gasteiger partial charge in [0.05, 0.1) is 17.9 Å². The lowest BCUT2D eigenvalue weighted by atomic mass is 9.95. The summed E-state index contributed by atoms with van der Waals surface area (Å²) in [6.45, 7) is 2.80. The second-order valence-corrected chi connectivity index (χ2v) is 6.27. The molecule has 0 unspecified atom stereocenters. The number of ether oxygens (including phenoxy) is 1. The maximum absolute atomic E-state index is 11.9. The summed E-state index contributed by atoms with van der Waals surface area (Å²) in [7, 11) is 1.58. The van der Waals surface area contributed by atoms with E-state index in [1.54, 1.807) is 13.2 Å². The predicted molar refractivity (Wildman–Crippen MR) is 91.0 cm³/mol. The smallest absolute Gasteiger partial charge is 0.287 e. The number of halogens is 1. The topological polar surface area (TPSA) is 56.1 Å². The van der Waals surface area contributed by atoms with Gasteiger partial charge in [0, 0.05) is 13.7 Å². The second-order valence-electron chi connectivity index (χ2n) is 5.90. The van der Waals surface area contributed by atoms with E-state index in [-0.39, 0.29) is 22.7 Å². The van der Waals surface area contributed by atoms with Crippen LogP contribution in [0, 0.1) is 6.92 Å². The zero-order valence-corrected chi connectivity index (χ0v) is 14.0. The van der Waals surface area contributed by atoms with E-state index in [1.165, 1.54) is 10.2 Å². The summed E-state index contributed by atoms with van der Waals surface area (Å²) in [5.74, 6) is 0. The molecule has 0 amide bonds. The van der Waals surface area contributed by atoms with Crippen molar-refractivity contribution in [2.24, 2.45) is 7.05 Å². The Morgan fingerprint density at radius 2 is 2.09 bits per heavy atom. The van der Waals surface area contributed by atoms with Crippen molar-refractivity contribution in [1.29, 1.82) is 0 Å². The number of rotatable bonds is 3. The zero-order valence-electron chi connectivity index (χ0n) is 13.3. The fourth-order valence-electron chi connectivity index (χ4n) is 2.82. The summed E-state index contributed by atoms with van der Waals surface area (Å²) in [5.41, 5.74) is 2.59. The third kappa shape index (κ3) is 3.41. The van der Waals surface area contributed by atoms with Crippen molar-refractivity contribution in [3.05, 3.63) is 57.0 Å². The molecule has 1 N–H and O–H groups in total. The highest BCUT2D eigenvalue weighted by Gasteiger charge is 2.28. The Labute approximate surface area is 140 Å². The van der Waals surface area contributed by atoms with Gasteiger partial charge in [0.25, 0.3) is 5.56 Å². The Morgan fingerprint density at radius 1 is 1.35 bits per heavy atom. The van der Waals surface area contributed by atoms with E-state index in [4.69, 9.17) is 16.3 Å². The fourth-order valence-corrected chi connectivity index (χ4v) is 3.05. The van der Waals surface area contributed by atoms with E-state index in [9.17, 15) is 4.79 Å². The van der Waals surface area contributed by atoms with E-state index in [0.717, 1.165) is 25.0 Å². The molecule has 0 spiro atoms. The van der Waals surface area contributed by atoms with Crippen molar-refractivity contribution in [2.45, 2.75) is 31.9 Å². The number of hydrogen-bond donors (Lipinski definition) is 1. The Hall–Kier alpha value is -1.85. The molecule has 2 aromatic rings. The zero-order chi connectivity index (χ0) is 16.4. The molecule has 2 atom stereocenters. The average molecular weight is 334 g/mol. The summed E-state index contributed by atoms with van der Waals surface area (Å²) in [6.07, 6.45) is 3.44. The minimum Gasteiger partial charge on any atom is -0.377 e. The normalized spacial score (nSPS) is 21.2. The van der Waals surface area contributed by atoms with E-state index in [2.05, 4.69) is 41.6 Å². The number of aromatic nitrogens is 2. The van der Waals surface area contributed by atoms with Crippen LogP contribution in [0.5, 0.6) is 0 Å². The SMILES string of the molecule is Cc1ccc([C@H]2OCCC[C@H]2Nc2cnn(C)c(=O)c2Cl)cc1. The van der Waals surface area contributed by atoms with Crippen LogP contribution in [0.4, 0.5) is 5.69 Å². The first-order valence-electron chi connectivity index (χ1n) is 7.73. The van der Waals surface area contributed by atoms with Crippen molar-refractivity contribution >= 4 is 17.3 Å². The molecule has 0 radical (unpaired) electrons. The van der Waals surface area contributed by atoms with Crippen molar-refractivity contribution < 1.29 is 4.74 Å². The quantitative estimate of drug-likeness (QED) is 0.937. The van der Waals surface area contributed by atoms with Crippen molar-refractivity contribution in [3.8, 4) is 0 Å². The first-order valence-corrected chi connectivity index (χ1v) is 8.10. The van der Waals surface area contributed by atoms with Gasteiger partial charge in [-0.1, -0.05) is 41.4 Å². The number of nitrogens with one attached hydrogen (secondary N) is 1. The van der Waals surface area contributed by atoms with Crippen LogP contribution in [0.1, 0.15) is 30.1 Å². The molecule has 0 saturated carbocycles. The number of anilines is 1. The van der Waals surface area contributed by atoms with Crippen molar-refractivity contribution in [3.63, 3.8) is 0 Å². The molecule has 1 fully saturated rings. The summed E-state index contributed by atoms with van der Waals surface area (Å²) < 4.78 is 7.20. The number of benzene rings is 1.